The summed E-state index contributed by atoms with van der Waals surface area (Å²) in [5.41, 5.74) is 4.08. The van der Waals surface area contributed by atoms with E-state index >= 15 is 0 Å². The Morgan fingerprint density at radius 1 is 1.27 bits per heavy atom. The number of aromatic nitrogens is 3. The molecule has 4 aromatic rings. The van der Waals surface area contributed by atoms with Gasteiger partial charge in [0.15, 0.2) is 0 Å². The predicted octanol–water partition coefficient (Wildman–Crippen LogP) is 5.04. The first-order chi connectivity index (χ1) is 14.6. The Hall–Kier alpha value is -3.06. The van der Waals surface area contributed by atoms with E-state index in [4.69, 9.17) is 4.98 Å². The number of halogens is 1. The van der Waals surface area contributed by atoms with E-state index in [1.807, 2.05) is 30.0 Å². The second-order valence-electron chi connectivity index (χ2n) is 7.69. The van der Waals surface area contributed by atoms with Gasteiger partial charge in [0.1, 0.15) is 17.3 Å². The number of thiazole rings is 1. The Balaban J connectivity index is 1.37. The minimum Gasteiger partial charge on any atom is -0.340 e. The average molecular weight is 421 g/mol. The van der Waals surface area contributed by atoms with Crippen LogP contribution in [0.4, 0.5) is 4.39 Å². The van der Waals surface area contributed by atoms with Crippen LogP contribution in [0.3, 0.4) is 0 Å². The lowest BCUT2D eigenvalue weighted by atomic mass is 10.1. The molecule has 3 heterocycles. The molecule has 5 rings (SSSR count). The molecule has 0 radical (unpaired) electrons. The molecular formula is C23H21FN4OS. The summed E-state index contributed by atoms with van der Waals surface area (Å²) in [6.45, 7) is 2.73. The molecule has 1 amide bonds. The van der Waals surface area contributed by atoms with E-state index in [9.17, 15) is 9.18 Å². The lowest BCUT2D eigenvalue weighted by Crippen LogP contribution is -2.31. The maximum Gasteiger partial charge on any atom is 0.273 e. The zero-order valence-electron chi connectivity index (χ0n) is 16.6. The highest BCUT2D eigenvalue weighted by molar-refractivity contribution is 7.09. The van der Waals surface area contributed by atoms with Crippen molar-refractivity contribution in [3.8, 4) is 0 Å². The normalized spacial score (nSPS) is 16.5. The van der Waals surface area contributed by atoms with Crippen molar-refractivity contribution in [1.82, 2.24) is 19.9 Å². The molecule has 1 N–H and O–H groups in total. The van der Waals surface area contributed by atoms with Gasteiger partial charge in [-0.3, -0.25) is 4.79 Å². The average Bonchev–Trinajstić information content (AvgIpc) is 3.47. The predicted molar refractivity (Wildman–Crippen MR) is 115 cm³/mol. The fourth-order valence-electron chi connectivity index (χ4n) is 4.04. The molecule has 2 aromatic carbocycles. The topological polar surface area (TPSA) is 61.9 Å². The quantitative estimate of drug-likeness (QED) is 0.503. The number of carbonyl (C=O) groups excluding carboxylic acids is 1. The van der Waals surface area contributed by atoms with Crippen LogP contribution >= 0.6 is 11.3 Å². The SMILES string of the molecule is Cc1ccc2nc(C3CCCN3C(=O)c3csc(Cc4ccccc4F)n3)[nH]c2c1. The molecule has 1 fully saturated rings. The van der Waals surface area contributed by atoms with Crippen molar-refractivity contribution in [1.29, 1.82) is 0 Å². The lowest BCUT2D eigenvalue weighted by molar-refractivity contribution is 0.0725. The number of benzene rings is 2. The maximum absolute atomic E-state index is 13.9. The molecule has 2 aromatic heterocycles. The van der Waals surface area contributed by atoms with Crippen LogP contribution in [0.1, 0.15) is 51.3 Å². The second-order valence-corrected chi connectivity index (χ2v) is 8.64. The first kappa shape index (κ1) is 18.9. The smallest absolute Gasteiger partial charge is 0.273 e. The Morgan fingerprint density at radius 2 is 2.13 bits per heavy atom. The molecule has 1 atom stereocenters. The van der Waals surface area contributed by atoms with Gasteiger partial charge in [-0.15, -0.1) is 11.3 Å². The number of rotatable bonds is 4. The summed E-state index contributed by atoms with van der Waals surface area (Å²) in [5.74, 6) is 0.480. The van der Waals surface area contributed by atoms with Crippen molar-refractivity contribution in [2.24, 2.45) is 0 Å². The number of nitrogens with zero attached hydrogens (tertiary/aromatic N) is 3. The molecule has 1 unspecified atom stereocenters. The number of hydrogen-bond acceptors (Lipinski definition) is 4. The largest absolute Gasteiger partial charge is 0.340 e. The van der Waals surface area contributed by atoms with E-state index < -0.39 is 0 Å². The first-order valence-corrected chi connectivity index (χ1v) is 10.9. The van der Waals surface area contributed by atoms with Gasteiger partial charge in [0, 0.05) is 18.3 Å². The molecule has 1 saturated heterocycles. The number of amides is 1. The number of likely N-dealkylation sites (tertiary alicyclic amines) is 1. The molecule has 0 bridgehead atoms. The number of nitrogens with one attached hydrogen (secondary N) is 1. The number of hydrogen-bond donors (Lipinski definition) is 1. The number of carbonyl (C=O) groups is 1. The maximum atomic E-state index is 13.9. The molecule has 5 nitrogen and oxygen atoms in total. The van der Waals surface area contributed by atoms with Crippen molar-refractivity contribution in [3.63, 3.8) is 0 Å². The van der Waals surface area contributed by atoms with Gasteiger partial charge >= 0.3 is 0 Å². The Kier molecular flexibility index (Phi) is 4.83. The van der Waals surface area contributed by atoms with Crippen LogP contribution in [0.2, 0.25) is 0 Å². The summed E-state index contributed by atoms with van der Waals surface area (Å²) in [6, 6.07) is 12.7. The third kappa shape index (κ3) is 3.50. The second kappa shape index (κ2) is 7.65. The number of aryl methyl sites for hydroxylation is 1. The van der Waals surface area contributed by atoms with E-state index in [1.165, 1.54) is 23.0 Å². The Morgan fingerprint density at radius 3 is 3.00 bits per heavy atom. The first-order valence-electron chi connectivity index (χ1n) is 10.0. The highest BCUT2D eigenvalue weighted by atomic mass is 32.1. The molecule has 7 heteroatoms. The summed E-state index contributed by atoms with van der Waals surface area (Å²) in [7, 11) is 0. The third-order valence-corrected chi connectivity index (χ3v) is 6.40. The van der Waals surface area contributed by atoms with Gasteiger partial charge < -0.3 is 9.88 Å². The van der Waals surface area contributed by atoms with Gasteiger partial charge in [-0.1, -0.05) is 24.3 Å². The van der Waals surface area contributed by atoms with Crippen LogP contribution in [0.25, 0.3) is 11.0 Å². The summed E-state index contributed by atoms with van der Waals surface area (Å²) in [5, 5.41) is 2.51. The zero-order valence-corrected chi connectivity index (χ0v) is 17.4. The summed E-state index contributed by atoms with van der Waals surface area (Å²) < 4.78 is 13.9. The van der Waals surface area contributed by atoms with Gasteiger partial charge in [0.25, 0.3) is 5.91 Å². The van der Waals surface area contributed by atoms with E-state index in [-0.39, 0.29) is 17.8 Å². The van der Waals surface area contributed by atoms with Gasteiger partial charge in [-0.25, -0.2) is 14.4 Å². The van der Waals surface area contributed by atoms with Crippen LogP contribution in [-0.2, 0) is 6.42 Å². The third-order valence-electron chi connectivity index (χ3n) is 5.56. The van der Waals surface area contributed by atoms with Crippen LogP contribution in [0.5, 0.6) is 0 Å². The zero-order chi connectivity index (χ0) is 20.7. The lowest BCUT2D eigenvalue weighted by Gasteiger charge is -2.22. The fourth-order valence-corrected chi connectivity index (χ4v) is 4.83. The molecule has 0 aliphatic carbocycles. The van der Waals surface area contributed by atoms with E-state index in [2.05, 4.69) is 16.0 Å². The van der Waals surface area contributed by atoms with E-state index in [1.54, 1.807) is 17.5 Å². The summed E-state index contributed by atoms with van der Waals surface area (Å²) in [6.07, 6.45) is 2.19. The van der Waals surface area contributed by atoms with Crippen LogP contribution in [0.15, 0.2) is 47.8 Å². The van der Waals surface area contributed by atoms with Gasteiger partial charge in [0.2, 0.25) is 0 Å². The molecular weight excluding hydrogens is 399 g/mol. The monoisotopic (exact) mass is 420 g/mol. The number of aromatic amines is 1. The van der Waals surface area contributed by atoms with Crippen molar-refractivity contribution in [2.75, 3.05) is 6.54 Å². The van der Waals surface area contributed by atoms with Crippen molar-refractivity contribution >= 4 is 28.3 Å². The van der Waals surface area contributed by atoms with E-state index in [0.29, 0.717) is 24.2 Å². The van der Waals surface area contributed by atoms with Crippen LogP contribution in [0, 0.1) is 12.7 Å². The van der Waals surface area contributed by atoms with Crippen molar-refractivity contribution < 1.29 is 9.18 Å². The fraction of sp³-hybridized carbons (Fsp3) is 0.261. The number of H-pyrrole nitrogens is 1. The van der Waals surface area contributed by atoms with Gasteiger partial charge in [0.05, 0.1) is 22.1 Å². The van der Waals surface area contributed by atoms with Gasteiger partial charge in [-0.05, 0) is 49.1 Å². The van der Waals surface area contributed by atoms with Crippen molar-refractivity contribution in [3.05, 3.63) is 81.3 Å². The standard InChI is InChI=1S/C23H21FN4OS/c1-14-8-9-17-18(11-14)27-22(26-17)20-7-4-10-28(20)23(29)19-13-30-21(25-19)12-15-5-2-3-6-16(15)24/h2-3,5-6,8-9,11,13,20H,4,7,10,12H2,1H3,(H,26,27). The van der Waals surface area contributed by atoms with Gasteiger partial charge in [-0.2, -0.15) is 0 Å². The molecule has 0 saturated carbocycles. The van der Waals surface area contributed by atoms with Crippen LogP contribution in [-0.4, -0.2) is 32.3 Å². The highest BCUT2D eigenvalue weighted by Gasteiger charge is 2.33. The van der Waals surface area contributed by atoms with Crippen molar-refractivity contribution in [2.45, 2.75) is 32.2 Å². The van der Waals surface area contributed by atoms with Crippen LogP contribution < -0.4 is 0 Å². The molecule has 1 aliphatic rings. The van der Waals surface area contributed by atoms with E-state index in [0.717, 1.165) is 34.7 Å². The minimum absolute atomic E-state index is 0.0816. The summed E-state index contributed by atoms with van der Waals surface area (Å²) in [4.78, 5) is 27.7. The number of fused-ring (bicyclic) bond motifs is 1. The Bertz CT molecular complexity index is 1230. The Labute approximate surface area is 177 Å². The minimum atomic E-state index is -0.250. The molecule has 152 valence electrons. The molecule has 30 heavy (non-hydrogen) atoms. The number of imidazole rings is 1. The molecule has 0 spiro atoms. The summed E-state index contributed by atoms with van der Waals surface area (Å²) >= 11 is 1.39. The highest BCUT2D eigenvalue weighted by Crippen LogP contribution is 2.33. The molecule has 1 aliphatic heterocycles.